The van der Waals surface area contributed by atoms with Gasteiger partial charge < -0.3 is 18.9 Å². The Balaban J connectivity index is 3.85. The zero-order valence-corrected chi connectivity index (χ0v) is 27.4. The van der Waals surface area contributed by atoms with E-state index in [0.29, 0.717) is 32.1 Å². The van der Waals surface area contributed by atoms with E-state index in [4.69, 9.17) is 18.9 Å². The molecule has 0 fully saturated rings. The number of ketones is 1. The lowest BCUT2D eigenvalue weighted by Crippen LogP contribution is -2.31. The molecule has 0 aliphatic heterocycles. The number of Topliss-reactive ketones (excluding diaryl/α,β-unsaturated/α-hetero) is 1. The van der Waals surface area contributed by atoms with E-state index in [1.54, 1.807) is 0 Å². The van der Waals surface area contributed by atoms with Crippen LogP contribution in [0, 0.1) is 0 Å². The molecule has 9 heteroatoms. The van der Waals surface area contributed by atoms with E-state index in [1.807, 2.05) is 13.8 Å². The van der Waals surface area contributed by atoms with E-state index in [1.165, 1.54) is 70.6 Å². The first kappa shape index (κ1) is 40.5. The van der Waals surface area contributed by atoms with Crippen molar-refractivity contribution in [1.82, 2.24) is 0 Å². The molecule has 0 aromatic carbocycles. The Hall–Kier alpha value is -2.45. The van der Waals surface area contributed by atoms with Gasteiger partial charge in [-0.2, -0.15) is 0 Å². The SMILES string of the molecule is CCCCCCCCCCCCCCCC(=O)CCCOC(=O)CCC(=O)OCC(COC(=O)CCC)OC(=O)CCC. The molecule has 0 N–H and O–H groups in total. The van der Waals surface area contributed by atoms with Crippen molar-refractivity contribution >= 4 is 29.7 Å². The lowest BCUT2D eigenvalue weighted by molar-refractivity contribution is -0.167. The number of unbranched alkanes of at least 4 members (excludes halogenated alkanes) is 12. The van der Waals surface area contributed by atoms with Crippen molar-refractivity contribution in [1.29, 1.82) is 0 Å². The molecule has 43 heavy (non-hydrogen) atoms. The third-order valence-corrected chi connectivity index (χ3v) is 7.02. The Labute approximate surface area is 260 Å². The number of esters is 4. The number of hydrogen-bond acceptors (Lipinski definition) is 9. The number of rotatable bonds is 30. The molecule has 0 aromatic heterocycles. The summed E-state index contributed by atoms with van der Waals surface area (Å²) in [6.07, 6.45) is 18.4. The molecule has 0 aliphatic rings. The molecule has 0 bridgehead atoms. The molecule has 0 rings (SSSR count). The van der Waals surface area contributed by atoms with Crippen LogP contribution in [0.2, 0.25) is 0 Å². The van der Waals surface area contributed by atoms with E-state index < -0.39 is 30.0 Å². The molecule has 1 atom stereocenters. The fourth-order valence-corrected chi connectivity index (χ4v) is 4.48. The van der Waals surface area contributed by atoms with Gasteiger partial charge in [0.05, 0.1) is 19.4 Å². The smallest absolute Gasteiger partial charge is 0.306 e. The number of hydrogen-bond donors (Lipinski definition) is 0. The fraction of sp³-hybridized carbons (Fsp3) is 0.853. The summed E-state index contributed by atoms with van der Waals surface area (Å²) in [5, 5.41) is 0. The highest BCUT2D eigenvalue weighted by Gasteiger charge is 2.19. The van der Waals surface area contributed by atoms with Crippen LogP contribution in [-0.2, 0) is 42.9 Å². The van der Waals surface area contributed by atoms with Crippen molar-refractivity contribution < 1.29 is 42.9 Å². The van der Waals surface area contributed by atoms with Crippen molar-refractivity contribution in [2.24, 2.45) is 0 Å². The summed E-state index contributed by atoms with van der Waals surface area (Å²) in [4.78, 5) is 59.5. The topological polar surface area (TPSA) is 122 Å². The lowest BCUT2D eigenvalue weighted by atomic mass is 10.0. The molecule has 0 radical (unpaired) electrons. The third kappa shape index (κ3) is 28.1. The largest absolute Gasteiger partial charge is 0.466 e. The normalized spacial score (nSPS) is 11.5. The van der Waals surface area contributed by atoms with Gasteiger partial charge in [-0.15, -0.1) is 0 Å². The summed E-state index contributed by atoms with van der Waals surface area (Å²) < 4.78 is 20.6. The average molecular weight is 613 g/mol. The standard InChI is InChI=1S/C34H60O9/c1-4-7-8-9-10-11-12-13-14-15-16-17-18-22-29(35)23-19-26-40-32(37)24-25-33(38)42-28-30(43-34(39)21-6-3)27-41-31(36)20-5-2/h30H,4-28H2,1-3H3. The Morgan fingerprint density at radius 3 is 1.35 bits per heavy atom. The molecular weight excluding hydrogens is 552 g/mol. The average Bonchev–Trinajstić information content (AvgIpc) is 2.98. The van der Waals surface area contributed by atoms with Crippen LogP contribution < -0.4 is 0 Å². The van der Waals surface area contributed by atoms with Gasteiger partial charge in [-0.05, 0) is 25.7 Å². The first-order valence-corrected chi connectivity index (χ1v) is 17.0. The Bertz CT molecular complexity index is 750. The van der Waals surface area contributed by atoms with Gasteiger partial charge in [0, 0.05) is 25.7 Å². The molecule has 0 heterocycles. The van der Waals surface area contributed by atoms with Gasteiger partial charge in [-0.3, -0.25) is 24.0 Å². The maximum absolute atomic E-state index is 12.1. The van der Waals surface area contributed by atoms with Crippen molar-refractivity contribution in [3.05, 3.63) is 0 Å². The van der Waals surface area contributed by atoms with Gasteiger partial charge in [-0.1, -0.05) is 97.8 Å². The predicted molar refractivity (Wildman–Crippen MR) is 166 cm³/mol. The third-order valence-electron chi connectivity index (χ3n) is 7.02. The first-order valence-electron chi connectivity index (χ1n) is 17.0. The highest BCUT2D eigenvalue weighted by molar-refractivity contribution is 5.79. The Kier molecular flexibility index (Phi) is 27.9. The van der Waals surface area contributed by atoms with Crippen LogP contribution in [0.1, 0.15) is 162 Å². The van der Waals surface area contributed by atoms with Gasteiger partial charge in [0.1, 0.15) is 19.0 Å². The van der Waals surface area contributed by atoms with Crippen LogP contribution in [0.15, 0.2) is 0 Å². The van der Waals surface area contributed by atoms with Gasteiger partial charge in [0.15, 0.2) is 6.10 Å². The van der Waals surface area contributed by atoms with E-state index in [0.717, 1.165) is 12.8 Å². The molecule has 9 nitrogen and oxygen atoms in total. The van der Waals surface area contributed by atoms with Crippen LogP contribution in [0.4, 0.5) is 0 Å². The molecule has 0 saturated carbocycles. The molecular formula is C34H60O9. The zero-order chi connectivity index (χ0) is 32.0. The summed E-state index contributed by atoms with van der Waals surface area (Å²) in [7, 11) is 0. The highest BCUT2D eigenvalue weighted by atomic mass is 16.6. The van der Waals surface area contributed by atoms with E-state index >= 15 is 0 Å². The van der Waals surface area contributed by atoms with Gasteiger partial charge >= 0.3 is 23.9 Å². The zero-order valence-electron chi connectivity index (χ0n) is 27.4. The highest BCUT2D eigenvalue weighted by Crippen LogP contribution is 2.13. The minimum absolute atomic E-state index is 0.136. The minimum atomic E-state index is -0.909. The maximum atomic E-state index is 12.1. The fourth-order valence-electron chi connectivity index (χ4n) is 4.48. The summed E-state index contributed by atoms with van der Waals surface area (Å²) in [5.74, 6) is -1.89. The molecule has 0 aliphatic carbocycles. The second-order valence-electron chi connectivity index (χ2n) is 11.3. The van der Waals surface area contributed by atoms with Crippen molar-refractivity contribution in [2.75, 3.05) is 19.8 Å². The van der Waals surface area contributed by atoms with Gasteiger partial charge in [0.2, 0.25) is 0 Å². The molecule has 250 valence electrons. The summed E-state index contributed by atoms with van der Waals surface area (Å²) >= 11 is 0. The van der Waals surface area contributed by atoms with Crippen molar-refractivity contribution in [3.8, 4) is 0 Å². The van der Waals surface area contributed by atoms with E-state index in [9.17, 15) is 24.0 Å². The second kappa shape index (κ2) is 29.6. The number of carbonyl (C=O) groups is 5. The van der Waals surface area contributed by atoms with E-state index in [2.05, 4.69) is 6.92 Å². The van der Waals surface area contributed by atoms with Crippen molar-refractivity contribution in [3.63, 3.8) is 0 Å². The molecule has 0 spiro atoms. The van der Waals surface area contributed by atoms with Crippen LogP contribution in [-0.4, -0.2) is 55.6 Å². The summed E-state index contributed by atoms with van der Waals surface area (Å²) in [6, 6.07) is 0. The second-order valence-corrected chi connectivity index (χ2v) is 11.3. The van der Waals surface area contributed by atoms with Crippen LogP contribution in [0.5, 0.6) is 0 Å². The molecule has 1 unspecified atom stereocenters. The van der Waals surface area contributed by atoms with Gasteiger partial charge in [-0.25, -0.2) is 0 Å². The number of ether oxygens (including phenoxy) is 4. The maximum Gasteiger partial charge on any atom is 0.306 e. The van der Waals surface area contributed by atoms with Crippen LogP contribution in [0.3, 0.4) is 0 Å². The Morgan fingerprint density at radius 1 is 0.419 bits per heavy atom. The van der Waals surface area contributed by atoms with Crippen LogP contribution >= 0.6 is 0 Å². The van der Waals surface area contributed by atoms with Crippen LogP contribution in [0.25, 0.3) is 0 Å². The quantitative estimate of drug-likeness (QED) is 0.0455. The molecule has 0 amide bonds. The minimum Gasteiger partial charge on any atom is -0.466 e. The van der Waals surface area contributed by atoms with E-state index in [-0.39, 0.29) is 51.3 Å². The monoisotopic (exact) mass is 612 g/mol. The Morgan fingerprint density at radius 2 is 0.837 bits per heavy atom. The summed E-state index contributed by atoms with van der Waals surface area (Å²) in [6.45, 7) is 5.57. The van der Waals surface area contributed by atoms with Gasteiger partial charge in [0.25, 0.3) is 0 Å². The molecule has 0 saturated heterocycles. The number of carbonyl (C=O) groups excluding carboxylic acids is 5. The first-order chi connectivity index (χ1) is 20.8. The lowest BCUT2D eigenvalue weighted by Gasteiger charge is -2.18. The van der Waals surface area contributed by atoms with Crippen molar-refractivity contribution in [2.45, 2.75) is 168 Å². The molecule has 0 aromatic rings. The predicted octanol–water partition coefficient (Wildman–Crippen LogP) is 7.74. The summed E-state index contributed by atoms with van der Waals surface area (Å²) in [5.41, 5.74) is 0.